The minimum Gasteiger partial charge on any atom is -0.493 e. The Morgan fingerprint density at radius 3 is 2.57 bits per heavy atom. The van der Waals surface area contributed by atoms with Gasteiger partial charge in [0.1, 0.15) is 0 Å². The van der Waals surface area contributed by atoms with Crippen molar-refractivity contribution in [2.24, 2.45) is 0 Å². The molecule has 3 rings (SSSR count). The van der Waals surface area contributed by atoms with Crippen LogP contribution >= 0.6 is 0 Å². The number of benzene rings is 2. The van der Waals surface area contributed by atoms with Crippen molar-refractivity contribution in [2.45, 2.75) is 25.4 Å². The fourth-order valence-corrected chi connectivity index (χ4v) is 2.51. The minimum atomic E-state index is 0.722. The Bertz CT molecular complexity index is 620. The molecule has 1 N–H and O–H groups in total. The van der Waals surface area contributed by atoms with E-state index >= 15 is 0 Å². The van der Waals surface area contributed by atoms with Crippen molar-refractivity contribution >= 4 is 0 Å². The van der Waals surface area contributed by atoms with Crippen molar-refractivity contribution < 1.29 is 9.47 Å². The summed E-state index contributed by atoms with van der Waals surface area (Å²) in [5.41, 5.74) is 3.51. The average Bonchev–Trinajstić information content (AvgIpc) is 3.36. The molecule has 1 aliphatic rings. The first-order valence-electron chi connectivity index (χ1n) is 7.35. The normalized spacial score (nSPS) is 14.0. The topological polar surface area (TPSA) is 30.5 Å². The molecule has 0 saturated heterocycles. The molecule has 3 heteroatoms. The quantitative estimate of drug-likeness (QED) is 0.878. The zero-order chi connectivity index (χ0) is 14.7. The maximum absolute atomic E-state index is 5.53. The Hall–Kier alpha value is -2.00. The number of methoxy groups -OCH3 is 2. The van der Waals surface area contributed by atoms with Gasteiger partial charge in [0.2, 0.25) is 0 Å². The van der Waals surface area contributed by atoms with E-state index in [1.807, 2.05) is 12.1 Å². The third-order valence-corrected chi connectivity index (χ3v) is 3.81. The SMILES string of the molecule is COc1cccc(-c2cccc(CNC3CC3)c2)c1OC. The molecule has 1 aliphatic carbocycles. The molecule has 0 amide bonds. The van der Waals surface area contributed by atoms with Crippen LogP contribution in [0.25, 0.3) is 11.1 Å². The molecule has 110 valence electrons. The Morgan fingerprint density at radius 2 is 1.86 bits per heavy atom. The second kappa shape index (κ2) is 6.19. The molecule has 0 aromatic heterocycles. The van der Waals surface area contributed by atoms with Crippen LogP contribution < -0.4 is 14.8 Å². The summed E-state index contributed by atoms with van der Waals surface area (Å²) in [7, 11) is 3.34. The molecule has 0 radical (unpaired) electrons. The van der Waals surface area contributed by atoms with E-state index in [0.717, 1.165) is 35.2 Å². The monoisotopic (exact) mass is 283 g/mol. The molecule has 3 nitrogen and oxygen atoms in total. The fourth-order valence-electron chi connectivity index (χ4n) is 2.51. The summed E-state index contributed by atoms with van der Waals surface area (Å²) in [6.45, 7) is 0.921. The summed E-state index contributed by atoms with van der Waals surface area (Å²) in [4.78, 5) is 0. The van der Waals surface area contributed by atoms with E-state index in [4.69, 9.17) is 9.47 Å². The van der Waals surface area contributed by atoms with Gasteiger partial charge < -0.3 is 14.8 Å². The Balaban J connectivity index is 1.90. The molecule has 1 saturated carbocycles. The van der Waals surface area contributed by atoms with Gasteiger partial charge in [0.25, 0.3) is 0 Å². The van der Waals surface area contributed by atoms with E-state index in [9.17, 15) is 0 Å². The highest BCUT2D eigenvalue weighted by Crippen LogP contribution is 2.37. The van der Waals surface area contributed by atoms with E-state index < -0.39 is 0 Å². The van der Waals surface area contributed by atoms with Crippen molar-refractivity contribution in [1.29, 1.82) is 0 Å². The number of rotatable bonds is 6. The molecule has 0 spiro atoms. The standard InChI is InChI=1S/C18H21NO2/c1-20-17-8-4-7-16(18(17)21-2)14-6-3-5-13(11-14)12-19-15-9-10-15/h3-8,11,15,19H,9-10,12H2,1-2H3. The lowest BCUT2D eigenvalue weighted by Crippen LogP contribution is -2.15. The largest absolute Gasteiger partial charge is 0.493 e. The van der Waals surface area contributed by atoms with Crippen LogP contribution in [0.4, 0.5) is 0 Å². The third kappa shape index (κ3) is 3.19. The van der Waals surface area contributed by atoms with E-state index in [1.54, 1.807) is 14.2 Å². The highest BCUT2D eigenvalue weighted by atomic mass is 16.5. The van der Waals surface area contributed by atoms with Gasteiger partial charge in [0, 0.05) is 18.2 Å². The van der Waals surface area contributed by atoms with Gasteiger partial charge in [0.05, 0.1) is 14.2 Å². The molecule has 1 fully saturated rings. The lowest BCUT2D eigenvalue weighted by atomic mass is 10.0. The van der Waals surface area contributed by atoms with Gasteiger partial charge in [0.15, 0.2) is 11.5 Å². The van der Waals surface area contributed by atoms with Crippen LogP contribution in [-0.4, -0.2) is 20.3 Å². The summed E-state index contributed by atoms with van der Waals surface area (Å²) in [6.07, 6.45) is 2.62. The molecule has 0 atom stereocenters. The number of hydrogen-bond donors (Lipinski definition) is 1. The predicted octanol–water partition coefficient (Wildman–Crippen LogP) is 3.62. The van der Waals surface area contributed by atoms with Crippen molar-refractivity contribution in [2.75, 3.05) is 14.2 Å². The molecule has 0 bridgehead atoms. The second-order valence-electron chi connectivity index (χ2n) is 5.40. The minimum absolute atomic E-state index is 0.722. The maximum atomic E-state index is 5.53. The lowest BCUT2D eigenvalue weighted by molar-refractivity contribution is 0.356. The highest BCUT2D eigenvalue weighted by Gasteiger charge is 2.20. The van der Waals surface area contributed by atoms with E-state index in [1.165, 1.54) is 18.4 Å². The summed E-state index contributed by atoms with van der Waals surface area (Å²) < 4.78 is 10.9. The summed E-state index contributed by atoms with van der Waals surface area (Å²) in [6, 6.07) is 15.3. The summed E-state index contributed by atoms with van der Waals surface area (Å²) in [5.74, 6) is 1.55. The smallest absolute Gasteiger partial charge is 0.168 e. The number of para-hydroxylation sites is 1. The van der Waals surface area contributed by atoms with E-state index in [0.29, 0.717) is 0 Å². The zero-order valence-electron chi connectivity index (χ0n) is 12.6. The molecular weight excluding hydrogens is 262 g/mol. The molecule has 0 heterocycles. The first-order chi connectivity index (χ1) is 10.3. The predicted molar refractivity (Wildman–Crippen MR) is 84.8 cm³/mol. The summed E-state index contributed by atoms with van der Waals surface area (Å²) in [5, 5.41) is 3.55. The highest BCUT2D eigenvalue weighted by molar-refractivity contribution is 5.74. The van der Waals surface area contributed by atoms with Crippen LogP contribution in [0.2, 0.25) is 0 Å². The molecule has 2 aromatic carbocycles. The van der Waals surface area contributed by atoms with Crippen LogP contribution in [0.3, 0.4) is 0 Å². The molecule has 0 aliphatic heterocycles. The van der Waals surface area contributed by atoms with Gasteiger partial charge >= 0.3 is 0 Å². The first-order valence-corrected chi connectivity index (χ1v) is 7.35. The van der Waals surface area contributed by atoms with Crippen molar-refractivity contribution in [3.05, 3.63) is 48.0 Å². The van der Waals surface area contributed by atoms with E-state index in [-0.39, 0.29) is 0 Å². The van der Waals surface area contributed by atoms with E-state index in [2.05, 4.69) is 35.6 Å². The van der Waals surface area contributed by atoms with Crippen LogP contribution in [-0.2, 0) is 6.54 Å². The molecular formula is C18H21NO2. The van der Waals surface area contributed by atoms with Gasteiger partial charge in [-0.15, -0.1) is 0 Å². The molecule has 2 aromatic rings. The van der Waals surface area contributed by atoms with Gasteiger partial charge in [-0.25, -0.2) is 0 Å². The second-order valence-corrected chi connectivity index (χ2v) is 5.40. The summed E-state index contributed by atoms with van der Waals surface area (Å²) >= 11 is 0. The Labute approximate surface area is 125 Å². The van der Waals surface area contributed by atoms with Crippen molar-refractivity contribution in [3.8, 4) is 22.6 Å². The van der Waals surface area contributed by atoms with Crippen LogP contribution in [0, 0.1) is 0 Å². The molecule has 0 unspecified atom stereocenters. The average molecular weight is 283 g/mol. The van der Waals surface area contributed by atoms with Gasteiger partial charge in [-0.05, 0) is 36.1 Å². The maximum Gasteiger partial charge on any atom is 0.168 e. The fraction of sp³-hybridized carbons (Fsp3) is 0.333. The van der Waals surface area contributed by atoms with Crippen LogP contribution in [0.1, 0.15) is 18.4 Å². The zero-order valence-corrected chi connectivity index (χ0v) is 12.6. The van der Waals surface area contributed by atoms with Crippen LogP contribution in [0.5, 0.6) is 11.5 Å². The number of nitrogens with one attached hydrogen (secondary N) is 1. The number of ether oxygens (including phenoxy) is 2. The first kappa shape index (κ1) is 14.0. The van der Waals surface area contributed by atoms with Gasteiger partial charge in [-0.3, -0.25) is 0 Å². The number of hydrogen-bond acceptors (Lipinski definition) is 3. The van der Waals surface area contributed by atoms with Crippen molar-refractivity contribution in [1.82, 2.24) is 5.32 Å². The lowest BCUT2D eigenvalue weighted by Gasteiger charge is -2.13. The van der Waals surface area contributed by atoms with Gasteiger partial charge in [-0.1, -0.05) is 30.3 Å². The Kier molecular flexibility index (Phi) is 4.11. The van der Waals surface area contributed by atoms with Crippen molar-refractivity contribution in [3.63, 3.8) is 0 Å². The third-order valence-electron chi connectivity index (χ3n) is 3.81. The molecule has 21 heavy (non-hydrogen) atoms. The Morgan fingerprint density at radius 1 is 1.05 bits per heavy atom. The van der Waals surface area contributed by atoms with Crippen LogP contribution in [0.15, 0.2) is 42.5 Å². The van der Waals surface area contributed by atoms with Gasteiger partial charge in [-0.2, -0.15) is 0 Å².